The highest BCUT2D eigenvalue weighted by Gasteiger charge is 2.21. The molecule has 0 spiro atoms. The van der Waals surface area contributed by atoms with Crippen LogP contribution in [0.15, 0.2) is 18.2 Å². The van der Waals surface area contributed by atoms with Gasteiger partial charge in [0, 0.05) is 5.56 Å². The molecule has 0 fully saturated rings. The summed E-state index contributed by atoms with van der Waals surface area (Å²) >= 11 is 0. The van der Waals surface area contributed by atoms with Gasteiger partial charge in [0.15, 0.2) is 0 Å². The van der Waals surface area contributed by atoms with Crippen molar-refractivity contribution in [3.63, 3.8) is 0 Å². The van der Waals surface area contributed by atoms with Gasteiger partial charge in [0.1, 0.15) is 5.79 Å². The molecular formula is C8H13N5O. The van der Waals surface area contributed by atoms with Crippen LogP contribution < -0.4 is 28.7 Å². The molecule has 10 N–H and O–H groups in total. The largest absolute Gasteiger partial charge is 0.398 e. The van der Waals surface area contributed by atoms with Crippen LogP contribution in [0.2, 0.25) is 0 Å². The molecule has 0 aliphatic heterocycles. The Morgan fingerprint density at radius 3 is 2.21 bits per heavy atom. The minimum absolute atomic E-state index is 0.118. The van der Waals surface area contributed by atoms with Crippen molar-refractivity contribution in [3.05, 3.63) is 29.3 Å². The predicted molar refractivity (Wildman–Crippen MR) is 53.6 cm³/mol. The minimum atomic E-state index is -1.57. The Morgan fingerprint density at radius 1 is 1.21 bits per heavy atom. The van der Waals surface area contributed by atoms with Gasteiger partial charge in [-0.2, -0.15) is 0 Å². The summed E-state index contributed by atoms with van der Waals surface area (Å²) in [5, 5.41) is 0. The topological polar surface area (TPSA) is 147 Å². The van der Waals surface area contributed by atoms with Crippen molar-refractivity contribution in [2.24, 2.45) is 22.9 Å². The number of nitrogens with two attached hydrogens (primary N) is 5. The fraction of sp³-hybridized carbons (Fsp3) is 0.125. The van der Waals surface area contributed by atoms with Crippen molar-refractivity contribution >= 4 is 11.6 Å². The van der Waals surface area contributed by atoms with E-state index in [2.05, 4.69) is 0 Å². The number of carbonyl (C=O) groups excluding carboxylic acids is 1. The summed E-state index contributed by atoms with van der Waals surface area (Å²) < 4.78 is 0. The second kappa shape index (κ2) is 3.26. The van der Waals surface area contributed by atoms with Gasteiger partial charge in [-0.25, -0.2) is 0 Å². The monoisotopic (exact) mass is 195 g/mol. The summed E-state index contributed by atoms with van der Waals surface area (Å²) in [5.41, 5.74) is 27.6. The lowest BCUT2D eigenvalue weighted by Crippen LogP contribution is -2.54. The molecule has 0 radical (unpaired) electrons. The van der Waals surface area contributed by atoms with Crippen molar-refractivity contribution in [3.8, 4) is 0 Å². The van der Waals surface area contributed by atoms with Crippen LogP contribution in [0.25, 0.3) is 0 Å². The molecule has 76 valence electrons. The Bertz CT molecular complexity index is 368. The van der Waals surface area contributed by atoms with Gasteiger partial charge in [0.05, 0.1) is 11.3 Å². The number of benzene rings is 1. The van der Waals surface area contributed by atoms with Gasteiger partial charge in [-0.05, 0) is 6.07 Å². The van der Waals surface area contributed by atoms with Crippen LogP contribution in [0, 0.1) is 0 Å². The van der Waals surface area contributed by atoms with Gasteiger partial charge in [0.25, 0.3) is 5.91 Å². The molecule has 0 atom stereocenters. The molecule has 6 nitrogen and oxygen atoms in total. The van der Waals surface area contributed by atoms with Gasteiger partial charge in [0.2, 0.25) is 0 Å². The summed E-state index contributed by atoms with van der Waals surface area (Å²) in [4.78, 5) is 10.9. The fourth-order valence-corrected chi connectivity index (χ4v) is 1.16. The second-order valence-corrected chi connectivity index (χ2v) is 3.06. The van der Waals surface area contributed by atoms with Crippen molar-refractivity contribution in [2.75, 3.05) is 5.73 Å². The first-order valence-electron chi connectivity index (χ1n) is 3.89. The maximum Gasteiger partial charge on any atom is 0.250 e. The zero-order chi connectivity index (χ0) is 10.9. The van der Waals surface area contributed by atoms with E-state index in [9.17, 15) is 4.79 Å². The number of hydrogen-bond donors (Lipinski definition) is 5. The van der Waals surface area contributed by atoms with Crippen LogP contribution in [-0.2, 0) is 5.79 Å². The molecular weight excluding hydrogens is 182 g/mol. The maximum atomic E-state index is 10.9. The van der Waals surface area contributed by atoms with E-state index >= 15 is 0 Å². The van der Waals surface area contributed by atoms with E-state index in [1.54, 1.807) is 12.1 Å². The number of carbonyl (C=O) groups is 1. The van der Waals surface area contributed by atoms with Crippen molar-refractivity contribution in [1.82, 2.24) is 0 Å². The third kappa shape index (κ3) is 1.82. The van der Waals surface area contributed by atoms with E-state index in [1.165, 1.54) is 6.07 Å². The number of rotatable bonds is 2. The van der Waals surface area contributed by atoms with E-state index in [-0.39, 0.29) is 16.8 Å². The van der Waals surface area contributed by atoms with Crippen LogP contribution in [0.1, 0.15) is 15.9 Å². The minimum Gasteiger partial charge on any atom is -0.398 e. The summed E-state index contributed by atoms with van der Waals surface area (Å²) in [6.45, 7) is 0. The van der Waals surface area contributed by atoms with Gasteiger partial charge in [-0.3, -0.25) is 22.0 Å². The summed E-state index contributed by atoms with van der Waals surface area (Å²) in [6, 6.07) is 4.59. The summed E-state index contributed by atoms with van der Waals surface area (Å²) in [6.07, 6.45) is 0. The molecule has 0 aromatic heterocycles. The van der Waals surface area contributed by atoms with Crippen LogP contribution in [0.3, 0.4) is 0 Å². The van der Waals surface area contributed by atoms with Crippen molar-refractivity contribution in [1.29, 1.82) is 0 Å². The Kier molecular flexibility index (Phi) is 2.43. The summed E-state index contributed by atoms with van der Waals surface area (Å²) in [5.74, 6) is -2.22. The van der Waals surface area contributed by atoms with Gasteiger partial charge >= 0.3 is 0 Å². The van der Waals surface area contributed by atoms with E-state index in [1.807, 2.05) is 0 Å². The molecule has 0 saturated heterocycles. The summed E-state index contributed by atoms with van der Waals surface area (Å²) in [7, 11) is 0. The normalized spacial score (nSPS) is 11.4. The highest BCUT2D eigenvalue weighted by Crippen LogP contribution is 2.20. The first-order chi connectivity index (χ1) is 6.34. The highest BCUT2D eigenvalue weighted by molar-refractivity contribution is 5.98. The molecule has 14 heavy (non-hydrogen) atoms. The Balaban J connectivity index is 3.35. The molecule has 0 saturated carbocycles. The van der Waals surface area contributed by atoms with E-state index in [0.29, 0.717) is 0 Å². The molecule has 0 bridgehead atoms. The number of nitrogen functional groups attached to an aromatic ring is 1. The van der Waals surface area contributed by atoms with Crippen LogP contribution in [0.4, 0.5) is 5.69 Å². The SMILES string of the molecule is NC(=O)c1cccc(C(N)(N)N)c1N. The predicted octanol–water partition coefficient (Wildman–Crippen LogP) is -1.65. The van der Waals surface area contributed by atoms with Crippen LogP contribution >= 0.6 is 0 Å². The van der Waals surface area contributed by atoms with E-state index in [4.69, 9.17) is 28.7 Å². The van der Waals surface area contributed by atoms with Crippen molar-refractivity contribution < 1.29 is 4.79 Å². The average Bonchev–Trinajstić information content (AvgIpc) is 2.01. The molecule has 0 unspecified atom stereocenters. The molecule has 0 aliphatic carbocycles. The molecule has 1 aromatic rings. The second-order valence-electron chi connectivity index (χ2n) is 3.06. The third-order valence-electron chi connectivity index (χ3n) is 1.84. The first kappa shape index (κ1) is 10.5. The highest BCUT2D eigenvalue weighted by atomic mass is 16.1. The third-order valence-corrected chi connectivity index (χ3v) is 1.84. The lowest BCUT2D eigenvalue weighted by Gasteiger charge is -2.21. The molecule has 1 rings (SSSR count). The maximum absolute atomic E-state index is 10.9. The van der Waals surface area contributed by atoms with Gasteiger partial charge < -0.3 is 11.5 Å². The molecule has 0 aliphatic rings. The Morgan fingerprint density at radius 2 is 1.79 bits per heavy atom. The quantitative estimate of drug-likeness (QED) is 0.283. The zero-order valence-electron chi connectivity index (χ0n) is 7.53. The number of hydrogen-bond acceptors (Lipinski definition) is 5. The molecule has 0 heterocycles. The standard InChI is InChI=1S/C8H13N5O/c9-6-4(7(10)14)2-1-3-5(6)8(11,12)13/h1-3H,9,11-13H2,(H2,10,14). The first-order valence-corrected chi connectivity index (χ1v) is 3.89. The number of anilines is 1. The number of para-hydroxylation sites is 1. The van der Waals surface area contributed by atoms with Gasteiger partial charge in [-0.1, -0.05) is 12.1 Å². The molecule has 6 heteroatoms. The number of amides is 1. The van der Waals surface area contributed by atoms with Gasteiger partial charge in [-0.15, -0.1) is 0 Å². The molecule has 1 amide bonds. The van der Waals surface area contributed by atoms with E-state index < -0.39 is 11.7 Å². The zero-order valence-corrected chi connectivity index (χ0v) is 7.53. The Hall–Kier alpha value is -1.63. The van der Waals surface area contributed by atoms with Crippen LogP contribution in [0.5, 0.6) is 0 Å². The van der Waals surface area contributed by atoms with E-state index in [0.717, 1.165) is 0 Å². The lowest BCUT2D eigenvalue weighted by molar-refractivity contribution is 0.100. The average molecular weight is 195 g/mol. The smallest absolute Gasteiger partial charge is 0.250 e. The lowest BCUT2D eigenvalue weighted by atomic mass is 10.0. The number of primary amides is 1. The van der Waals surface area contributed by atoms with Crippen molar-refractivity contribution in [2.45, 2.75) is 5.79 Å². The van der Waals surface area contributed by atoms with Crippen LogP contribution in [-0.4, -0.2) is 5.91 Å². The molecule has 1 aromatic carbocycles. The Labute approximate surface area is 81.0 Å². The fourth-order valence-electron chi connectivity index (χ4n) is 1.16.